The molecule has 0 unspecified atom stereocenters. The smallest absolute Gasteiger partial charge is 0.194 e. The van der Waals surface area contributed by atoms with Gasteiger partial charge in [-0.25, -0.2) is 0 Å². The van der Waals surface area contributed by atoms with Crippen LogP contribution in [-0.2, 0) is 6.42 Å². The van der Waals surface area contributed by atoms with Gasteiger partial charge in [0.25, 0.3) is 0 Å². The molecule has 0 atom stereocenters. The Kier molecular flexibility index (Phi) is 3.84. The van der Waals surface area contributed by atoms with Gasteiger partial charge in [0.05, 0.1) is 0 Å². The van der Waals surface area contributed by atoms with Gasteiger partial charge in [-0.2, -0.15) is 0 Å². The zero-order valence-electron chi connectivity index (χ0n) is 10.8. The van der Waals surface area contributed by atoms with E-state index in [-0.39, 0.29) is 0 Å². The monoisotopic (exact) mass is 263 g/mol. The topological polar surface area (TPSA) is 27.6 Å². The average Bonchev–Trinajstić information content (AvgIpc) is 2.88. The first-order valence-electron chi connectivity index (χ1n) is 7.00. The van der Waals surface area contributed by atoms with Gasteiger partial charge in [-0.3, -0.25) is 4.99 Å². The van der Waals surface area contributed by atoms with Crippen molar-refractivity contribution in [1.82, 2.24) is 10.2 Å². The van der Waals surface area contributed by atoms with E-state index in [1.165, 1.54) is 43.6 Å². The van der Waals surface area contributed by atoms with Gasteiger partial charge in [0.15, 0.2) is 5.96 Å². The van der Waals surface area contributed by atoms with Gasteiger partial charge >= 0.3 is 0 Å². The number of aliphatic imine (C=N–C) groups is 1. The van der Waals surface area contributed by atoms with Gasteiger partial charge in [-0.05, 0) is 37.1 Å². The summed E-state index contributed by atoms with van der Waals surface area (Å²) in [6.45, 7) is 3.27. The first kappa shape index (κ1) is 12.0. The molecule has 2 heterocycles. The number of hydrogen-bond donors (Lipinski definition) is 1. The van der Waals surface area contributed by atoms with E-state index < -0.39 is 0 Å². The van der Waals surface area contributed by atoms with Gasteiger partial charge in [0.2, 0.25) is 0 Å². The zero-order valence-corrected chi connectivity index (χ0v) is 11.6. The van der Waals surface area contributed by atoms with E-state index >= 15 is 0 Å². The Morgan fingerprint density at radius 1 is 1.39 bits per heavy atom. The van der Waals surface area contributed by atoms with Crippen molar-refractivity contribution >= 4 is 17.3 Å². The molecule has 0 amide bonds. The highest BCUT2D eigenvalue weighted by Crippen LogP contribution is 2.20. The Morgan fingerprint density at radius 3 is 2.89 bits per heavy atom. The highest BCUT2D eigenvalue weighted by molar-refractivity contribution is 7.09. The van der Waals surface area contributed by atoms with Gasteiger partial charge in [-0.15, -0.1) is 11.3 Å². The lowest BCUT2D eigenvalue weighted by atomic mass is 10.3. The number of nitrogens with one attached hydrogen (secondary N) is 1. The van der Waals surface area contributed by atoms with E-state index in [1.807, 2.05) is 11.3 Å². The largest absolute Gasteiger partial charge is 0.354 e. The van der Waals surface area contributed by atoms with Crippen molar-refractivity contribution in [2.45, 2.75) is 38.1 Å². The van der Waals surface area contributed by atoms with Crippen molar-refractivity contribution in [3.8, 4) is 0 Å². The maximum Gasteiger partial charge on any atom is 0.194 e. The van der Waals surface area contributed by atoms with Crippen molar-refractivity contribution in [3.63, 3.8) is 0 Å². The number of hydrogen-bond acceptors (Lipinski definition) is 2. The van der Waals surface area contributed by atoms with Crippen LogP contribution in [0.25, 0.3) is 0 Å². The number of rotatable bonds is 4. The second kappa shape index (κ2) is 5.74. The van der Waals surface area contributed by atoms with E-state index in [9.17, 15) is 0 Å². The minimum absolute atomic E-state index is 0.700. The van der Waals surface area contributed by atoms with Crippen molar-refractivity contribution < 1.29 is 0 Å². The molecule has 0 spiro atoms. The van der Waals surface area contributed by atoms with Crippen molar-refractivity contribution in [2.75, 3.05) is 19.6 Å². The molecular weight excluding hydrogens is 242 g/mol. The Balaban J connectivity index is 1.56. The van der Waals surface area contributed by atoms with E-state index in [2.05, 4.69) is 27.7 Å². The lowest BCUT2D eigenvalue weighted by Crippen LogP contribution is -2.41. The lowest BCUT2D eigenvalue weighted by Gasteiger charge is -2.21. The lowest BCUT2D eigenvalue weighted by molar-refractivity contribution is 0.491. The maximum absolute atomic E-state index is 4.80. The minimum Gasteiger partial charge on any atom is -0.354 e. The predicted molar refractivity (Wildman–Crippen MR) is 77.3 cm³/mol. The summed E-state index contributed by atoms with van der Waals surface area (Å²) in [7, 11) is 0. The summed E-state index contributed by atoms with van der Waals surface area (Å²) in [6, 6.07) is 5.02. The molecule has 1 aromatic rings. The molecule has 2 fully saturated rings. The second-order valence-electron chi connectivity index (χ2n) is 5.15. The molecule has 1 aromatic heterocycles. The summed E-state index contributed by atoms with van der Waals surface area (Å²) < 4.78 is 0. The van der Waals surface area contributed by atoms with Crippen LogP contribution in [0.5, 0.6) is 0 Å². The van der Waals surface area contributed by atoms with E-state index in [0.29, 0.717) is 6.04 Å². The van der Waals surface area contributed by atoms with Crippen molar-refractivity contribution in [2.24, 2.45) is 4.99 Å². The summed E-state index contributed by atoms with van der Waals surface area (Å²) in [5.74, 6) is 1.16. The quantitative estimate of drug-likeness (QED) is 0.667. The Hall–Kier alpha value is -1.03. The third-order valence-electron chi connectivity index (χ3n) is 3.52. The number of likely N-dealkylation sites (tertiary alicyclic amines) is 1. The normalized spacial score (nSPS) is 20.4. The Labute approximate surface area is 113 Å². The van der Waals surface area contributed by atoms with Crippen LogP contribution >= 0.6 is 11.3 Å². The highest BCUT2D eigenvalue weighted by atomic mass is 32.1. The summed E-state index contributed by atoms with van der Waals surface area (Å²) in [5.41, 5.74) is 0. The molecule has 3 nitrogen and oxygen atoms in total. The fourth-order valence-electron chi connectivity index (χ4n) is 2.30. The molecule has 1 aliphatic carbocycles. The second-order valence-corrected chi connectivity index (χ2v) is 6.18. The molecule has 0 aromatic carbocycles. The van der Waals surface area contributed by atoms with Gasteiger partial charge in [0, 0.05) is 37.0 Å². The maximum atomic E-state index is 4.80. The molecule has 3 rings (SSSR count). The van der Waals surface area contributed by atoms with E-state index in [4.69, 9.17) is 4.99 Å². The van der Waals surface area contributed by atoms with Crippen LogP contribution in [0.2, 0.25) is 0 Å². The third kappa shape index (κ3) is 3.25. The van der Waals surface area contributed by atoms with Gasteiger partial charge in [-0.1, -0.05) is 6.07 Å². The molecule has 1 N–H and O–H groups in total. The summed E-state index contributed by atoms with van der Waals surface area (Å²) in [5, 5.41) is 5.73. The summed E-state index contributed by atoms with van der Waals surface area (Å²) in [6.07, 6.45) is 6.34. The van der Waals surface area contributed by atoms with Crippen molar-refractivity contribution in [3.05, 3.63) is 22.4 Å². The predicted octanol–water partition coefficient (Wildman–Crippen LogP) is 2.49. The fourth-order valence-corrected chi connectivity index (χ4v) is 3.00. The molecule has 1 saturated carbocycles. The highest BCUT2D eigenvalue weighted by Gasteiger charge is 2.25. The van der Waals surface area contributed by atoms with E-state index in [0.717, 1.165) is 18.9 Å². The number of guanidine groups is 1. The first-order chi connectivity index (χ1) is 8.92. The van der Waals surface area contributed by atoms with Crippen LogP contribution in [-0.4, -0.2) is 36.5 Å². The molecule has 1 saturated heterocycles. The molecule has 4 heteroatoms. The van der Waals surface area contributed by atoms with Gasteiger partial charge in [0.1, 0.15) is 0 Å². The third-order valence-corrected chi connectivity index (χ3v) is 4.45. The molecule has 98 valence electrons. The van der Waals surface area contributed by atoms with Crippen LogP contribution in [0, 0.1) is 0 Å². The Morgan fingerprint density at radius 2 is 2.22 bits per heavy atom. The average molecular weight is 263 g/mol. The molecule has 1 aliphatic heterocycles. The van der Waals surface area contributed by atoms with Crippen LogP contribution in [0.3, 0.4) is 0 Å². The van der Waals surface area contributed by atoms with Crippen LogP contribution < -0.4 is 5.32 Å². The number of thiophene rings is 1. The van der Waals surface area contributed by atoms with Crippen LogP contribution in [0.1, 0.15) is 30.6 Å². The van der Waals surface area contributed by atoms with Crippen LogP contribution in [0.15, 0.2) is 22.5 Å². The van der Waals surface area contributed by atoms with E-state index in [1.54, 1.807) is 0 Å². The molecule has 0 bridgehead atoms. The Bertz CT molecular complexity index is 389. The minimum atomic E-state index is 0.700. The van der Waals surface area contributed by atoms with Crippen molar-refractivity contribution in [1.29, 1.82) is 0 Å². The molecule has 18 heavy (non-hydrogen) atoms. The molecule has 0 radical (unpaired) electrons. The first-order valence-corrected chi connectivity index (χ1v) is 7.88. The molecular formula is C14H21N3S. The van der Waals surface area contributed by atoms with Gasteiger partial charge < -0.3 is 10.2 Å². The number of nitrogens with zero attached hydrogens (tertiary/aromatic N) is 2. The standard InChI is InChI=1S/C14H21N3S/c1-2-10-17(9-1)14(16-12-5-6-12)15-8-7-13-4-3-11-18-13/h3-4,11-12H,1-2,5-10H2,(H,15,16). The summed E-state index contributed by atoms with van der Waals surface area (Å²) in [4.78, 5) is 8.66. The zero-order chi connectivity index (χ0) is 12.2. The SMILES string of the molecule is c1csc(CCN=C(NC2CC2)N2CCCC2)c1. The summed E-state index contributed by atoms with van der Waals surface area (Å²) >= 11 is 1.83. The molecule has 2 aliphatic rings. The van der Waals surface area contributed by atoms with Crippen LogP contribution in [0.4, 0.5) is 0 Å². The fraction of sp³-hybridized carbons (Fsp3) is 0.643.